The Bertz CT molecular complexity index is 774. The fourth-order valence-corrected chi connectivity index (χ4v) is 2.45. The van der Waals surface area contributed by atoms with Crippen molar-refractivity contribution in [3.8, 4) is 0 Å². The van der Waals surface area contributed by atoms with E-state index in [-0.39, 0.29) is 28.2 Å². The number of benzene rings is 2. The van der Waals surface area contributed by atoms with Gasteiger partial charge in [0, 0.05) is 12.1 Å². The van der Waals surface area contributed by atoms with Gasteiger partial charge in [-0.2, -0.15) is 0 Å². The van der Waals surface area contributed by atoms with Crippen LogP contribution in [0.15, 0.2) is 36.4 Å². The number of hydrogen-bond acceptors (Lipinski definition) is 3. The Morgan fingerprint density at radius 1 is 1.17 bits per heavy atom. The molecule has 0 bridgehead atoms. The van der Waals surface area contributed by atoms with E-state index in [4.69, 9.17) is 11.6 Å². The SMILES string of the molecule is Cc1ccc([C@H](C)NC(=O)c2ccc([N+](=O)[O-])cc2Cl)cc1C. The number of carbonyl (C=O) groups is 1. The quantitative estimate of drug-likeness (QED) is 0.668. The highest BCUT2D eigenvalue weighted by atomic mass is 35.5. The largest absolute Gasteiger partial charge is 0.345 e. The van der Waals surface area contributed by atoms with E-state index in [9.17, 15) is 14.9 Å². The second-order valence-electron chi connectivity index (χ2n) is 5.46. The van der Waals surface area contributed by atoms with E-state index in [0.717, 1.165) is 11.1 Å². The van der Waals surface area contributed by atoms with Crippen molar-refractivity contribution >= 4 is 23.2 Å². The van der Waals surface area contributed by atoms with Crippen LogP contribution in [0.25, 0.3) is 0 Å². The van der Waals surface area contributed by atoms with Gasteiger partial charge in [-0.1, -0.05) is 29.8 Å². The maximum atomic E-state index is 12.3. The van der Waals surface area contributed by atoms with Gasteiger partial charge in [0.05, 0.1) is 21.6 Å². The van der Waals surface area contributed by atoms with Gasteiger partial charge in [0.2, 0.25) is 0 Å². The van der Waals surface area contributed by atoms with Crippen LogP contribution < -0.4 is 5.32 Å². The Morgan fingerprint density at radius 3 is 2.43 bits per heavy atom. The van der Waals surface area contributed by atoms with Crippen LogP contribution in [0.1, 0.15) is 40.0 Å². The van der Waals surface area contributed by atoms with E-state index in [1.165, 1.54) is 23.8 Å². The number of nitrogens with zero attached hydrogens (tertiary/aromatic N) is 1. The van der Waals surface area contributed by atoms with Crippen LogP contribution in [0.2, 0.25) is 5.02 Å². The summed E-state index contributed by atoms with van der Waals surface area (Å²) in [5.74, 6) is -0.365. The molecule has 0 spiro atoms. The number of aryl methyl sites for hydroxylation is 2. The first-order valence-corrected chi connectivity index (χ1v) is 7.49. The number of nitro benzene ring substituents is 1. The molecule has 120 valence electrons. The molecule has 0 aliphatic rings. The van der Waals surface area contributed by atoms with E-state index in [2.05, 4.69) is 5.32 Å². The topological polar surface area (TPSA) is 72.2 Å². The lowest BCUT2D eigenvalue weighted by Crippen LogP contribution is -2.27. The standard InChI is InChI=1S/C17H17ClN2O3/c1-10-4-5-13(8-11(10)2)12(3)19-17(21)15-7-6-14(20(22)23)9-16(15)18/h4-9,12H,1-3H3,(H,19,21)/t12-/m0/s1. The van der Waals surface area contributed by atoms with Gasteiger partial charge in [-0.05, 0) is 43.5 Å². The van der Waals surface area contributed by atoms with Crippen LogP contribution in [0.5, 0.6) is 0 Å². The Balaban J connectivity index is 2.18. The third-order valence-electron chi connectivity index (χ3n) is 3.79. The number of rotatable bonds is 4. The van der Waals surface area contributed by atoms with Crippen molar-refractivity contribution in [1.29, 1.82) is 0 Å². The van der Waals surface area contributed by atoms with E-state index in [1.54, 1.807) is 0 Å². The Hall–Kier alpha value is -2.40. The maximum Gasteiger partial charge on any atom is 0.270 e. The van der Waals surface area contributed by atoms with Gasteiger partial charge < -0.3 is 5.32 Å². The summed E-state index contributed by atoms with van der Waals surface area (Å²) in [7, 11) is 0. The third-order valence-corrected chi connectivity index (χ3v) is 4.10. The molecule has 0 aromatic heterocycles. The molecule has 0 saturated carbocycles. The molecule has 0 aliphatic carbocycles. The number of carbonyl (C=O) groups excluding carboxylic acids is 1. The first-order chi connectivity index (χ1) is 10.8. The summed E-state index contributed by atoms with van der Waals surface area (Å²) >= 11 is 5.98. The van der Waals surface area contributed by atoms with Gasteiger partial charge in [-0.15, -0.1) is 0 Å². The zero-order chi connectivity index (χ0) is 17.1. The minimum atomic E-state index is -0.550. The van der Waals surface area contributed by atoms with Gasteiger partial charge >= 0.3 is 0 Å². The summed E-state index contributed by atoms with van der Waals surface area (Å²) < 4.78 is 0. The van der Waals surface area contributed by atoms with E-state index < -0.39 is 4.92 Å². The lowest BCUT2D eigenvalue weighted by molar-refractivity contribution is -0.384. The zero-order valence-corrected chi connectivity index (χ0v) is 13.8. The smallest absolute Gasteiger partial charge is 0.270 e. The Morgan fingerprint density at radius 2 is 1.87 bits per heavy atom. The minimum absolute atomic E-state index is 0.0592. The van der Waals surface area contributed by atoms with E-state index in [1.807, 2.05) is 39.0 Å². The molecule has 2 aromatic rings. The molecule has 2 aromatic carbocycles. The van der Waals surface area contributed by atoms with Gasteiger partial charge in [0.1, 0.15) is 0 Å². The summed E-state index contributed by atoms with van der Waals surface area (Å²) in [5.41, 5.74) is 3.39. The summed E-state index contributed by atoms with van der Waals surface area (Å²) in [6.07, 6.45) is 0. The first-order valence-electron chi connectivity index (χ1n) is 7.11. The predicted octanol–water partition coefficient (Wildman–Crippen LogP) is 4.36. The fourth-order valence-electron chi connectivity index (χ4n) is 2.19. The number of nitro groups is 1. The molecule has 23 heavy (non-hydrogen) atoms. The highest BCUT2D eigenvalue weighted by Gasteiger charge is 2.17. The molecule has 1 atom stereocenters. The molecule has 0 heterocycles. The molecule has 0 saturated heterocycles. The van der Waals surface area contributed by atoms with Crippen molar-refractivity contribution in [2.75, 3.05) is 0 Å². The molecule has 1 amide bonds. The first kappa shape index (κ1) is 17.0. The number of non-ortho nitro benzene ring substituents is 1. The number of amides is 1. The summed E-state index contributed by atoms with van der Waals surface area (Å²) in [5, 5.41) is 13.6. The monoisotopic (exact) mass is 332 g/mol. The van der Waals surface area contributed by atoms with Crippen molar-refractivity contribution in [1.82, 2.24) is 5.32 Å². The van der Waals surface area contributed by atoms with Crippen LogP contribution in [0, 0.1) is 24.0 Å². The summed E-state index contributed by atoms with van der Waals surface area (Å²) in [4.78, 5) is 22.5. The minimum Gasteiger partial charge on any atom is -0.345 e. The highest BCUT2D eigenvalue weighted by molar-refractivity contribution is 6.34. The maximum absolute atomic E-state index is 12.3. The van der Waals surface area contributed by atoms with Gasteiger partial charge in [-0.25, -0.2) is 0 Å². The van der Waals surface area contributed by atoms with Crippen LogP contribution in [-0.2, 0) is 0 Å². The molecule has 0 radical (unpaired) electrons. The molecule has 1 N–H and O–H groups in total. The highest BCUT2D eigenvalue weighted by Crippen LogP contribution is 2.23. The van der Waals surface area contributed by atoms with Gasteiger partial charge in [0.25, 0.3) is 11.6 Å². The molecular formula is C17H17ClN2O3. The fraction of sp³-hybridized carbons (Fsp3) is 0.235. The normalized spacial score (nSPS) is 11.8. The second kappa shape index (κ2) is 6.79. The summed E-state index contributed by atoms with van der Waals surface area (Å²) in [6.45, 7) is 5.92. The summed E-state index contributed by atoms with van der Waals surface area (Å²) in [6, 6.07) is 9.60. The van der Waals surface area contributed by atoms with Crippen LogP contribution in [0.3, 0.4) is 0 Å². The second-order valence-corrected chi connectivity index (χ2v) is 5.87. The van der Waals surface area contributed by atoms with Crippen LogP contribution in [0.4, 0.5) is 5.69 Å². The Labute approximate surface area is 139 Å². The lowest BCUT2D eigenvalue weighted by atomic mass is 10.0. The van der Waals surface area contributed by atoms with E-state index >= 15 is 0 Å². The van der Waals surface area contributed by atoms with Crippen molar-refractivity contribution < 1.29 is 9.72 Å². The van der Waals surface area contributed by atoms with Crippen molar-refractivity contribution in [2.45, 2.75) is 26.8 Å². The molecular weight excluding hydrogens is 316 g/mol. The average molecular weight is 333 g/mol. The van der Waals surface area contributed by atoms with Crippen LogP contribution in [-0.4, -0.2) is 10.8 Å². The number of halogens is 1. The van der Waals surface area contributed by atoms with Crippen molar-refractivity contribution in [3.05, 3.63) is 73.8 Å². The molecule has 6 heteroatoms. The van der Waals surface area contributed by atoms with Crippen molar-refractivity contribution in [3.63, 3.8) is 0 Å². The molecule has 0 fully saturated rings. The average Bonchev–Trinajstić information content (AvgIpc) is 2.49. The number of hydrogen-bond donors (Lipinski definition) is 1. The van der Waals surface area contributed by atoms with Crippen molar-refractivity contribution in [2.24, 2.45) is 0 Å². The van der Waals surface area contributed by atoms with Crippen LogP contribution >= 0.6 is 11.6 Å². The molecule has 2 rings (SSSR count). The van der Waals surface area contributed by atoms with Gasteiger partial charge in [0.15, 0.2) is 0 Å². The molecule has 0 aliphatic heterocycles. The molecule has 0 unspecified atom stereocenters. The third kappa shape index (κ3) is 3.87. The lowest BCUT2D eigenvalue weighted by Gasteiger charge is -2.16. The van der Waals surface area contributed by atoms with E-state index in [0.29, 0.717) is 0 Å². The Kier molecular flexibility index (Phi) is 5.01. The predicted molar refractivity (Wildman–Crippen MR) is 89.9 cm³/mol. The zero-order valence-electron chi connectivity index (χ0n) is 13.1. The molecule has 5 nitrogen and oxygen atoms in total. The number of nitrogens with one attached hydrogen (secondary N) is 1. The van der Waals surface area contributed by atoms with Gasteiger partial charge in [-0.3, -0.25) is 14.9 Å².